The monoisotopic (exact) mass is 376 g/mol. The van der Waals surface area contributed by atoms with E-state index in [4.69, 9.17) is 4.74 Å². The summed E-state index contributed by atoms with van der Waals surface area (Å²) >= 11 is 1.06. The predicted molar refractivity (Wildman–Crippen MR) is 104 cm³/mol. The van der Waals surface area contributed by atoms with E-state index in [2.05, 4.69) is 11.1 Å². The Hall–Kier alpha value is -3.30. The molecule has 0 radical (unpaired) electrons. The van der Waals surface area contributed by atoms with E-state index >= 15 is 0 Å². The summed E-state index contributed by atoms with van der Waals surface area (Å²) in [5.41, 5.74) is 2.51. The molecule has 3 rings (SSSR count). The van der Waals surface area contributed by atoms with Gasteiger partial charge in [0.25, 0.3) is 0 Å². The van der Waals surface area contributed by atoms with Gasteiger partial charge in [0.05, 0.1) is 18.4 Å². The van der Waals surface area contributed by atoms with Gasteiger partial charge >= 0.3 is 5.97 Å². The summed E-state index contributed by atoms with van der Waals surface area (Å²) in [7, 11) is 1.60. The van der Waals surface area contributed by atoms with Gasteiger partial charge < -0.3 is 9.84 Å². The van der Waals surface area contributed by atoms with E-state index in [0.29, 0.717) is 21.8 Å². The zero-order valence-corrected chi connectivity index (χ0v) is 15.3. The van der Waals surface area contributed by atoms with E-state index in [1.165, 1.54) is 0 Å². The fourth-order valence-electron chi connectivity index (χ4n) is 2.54. The lowest BCUT2D eigenvalue weighted by atomic mass is 10.1. The molecule has 2 aromatic carbocycles. The Kier molecular flexibility index (Phi) is 5.74. The van der Waals surface area contributed by atoms with Gasteiger partial charge in [-0.15, -0.1) is 0 Å². The molecule has 1 N–H and O–H groups in total. The maximum Gasteiger partial charge on any atom is 0.321 e. The van der Waals surface area contributed by atoms with Gasteiger partial charge in [-0.1, -0.05) is 42.1 Å². The Morgan fingerprint density at radius 3 is 2.41 bits per heavy atom. The van der Waals surface area contributed by atoms with E-state index in [1.54, 1.807) is 43.5 Å². The Morgan fingerprint density at radius 1 is 1.11 bits per heavy atom. The molecule has 1 atom stereocenters. The highest BCUT2D eigenvalue weighted by atomic mass is 32.2. The molecule has 0 saturated heterocycles. The lowest BCUT2D eigenvalue weighted by Crippen LogP contribution is -2.08. The van der Waals surface area contributed by atoms with Crippen LogP contribution in [0.15, 0.2) is 71.8 Å². The SMILES string of the molecule is COc1ccc(-c2ccc(C#N)c(S[C@H](C(=O)O)c3ccccc3)n2)cc1. The smallest absolute Gasteiger partial charge is 0.321 e. The van der Waals surface area contributed by atoms with Gasteiger partial charge in [0.2, 0.25) is 0 Å². The standard InChI is InChI=1S/C21H16N2O3S/c1-26-17-10-7-14(8-11-17)18-12-9-16(13-22)20(23-18)27-19(21(24)25)15-5-3-2-4-6-15/h2-12,19H,1H3,(H,24,25)/t19-/m0/s1. The number of carboxylic acids is 1. The summed E-state index contributed by atoms with van der Waals surface area (Å²) in [6, 6.07) is 21.8. The molecule has 3 aromatic rings. The summed E-state index contributed by atoms with van der Waals surface area (Å²) in [5, 5.41) is 18.6. The third-order valence-electron chi connectivity index (χ3n) is 3.92. The Morgan fingerprint density at radius 2 is 1.81 bits per heavy atom. The van der Waals surface area contributed by atoms with Crippen LogP contribution in [-0.4, -0.2) is 23.2 Å². The largest absolute Gasteiger partial charge is 0.497 e. The molecule has 0 fully saturated rings. The van der Waals surface area contributed by atoms with Crippen LogP contribution in [0.1, 0.15) is 16.4 Å². The van der Waals surface area contributed by atoms with Crippen molar-refractivity contribution in [1.82, 2.24) is 4.98 Å². The van der Waals surface area contributed by atoms with Crippen LogP contribution in [0.25, 0.3) is 11.3 Å². The molecule has 0 saturated carbocycles. The Bertz CT molecular complexity index is 983. The average molecular weight is 376 g/mol. The Balaban J connectivity index is 1.98. The van der Waals surface area contributed by atoms with Crippen LogP contribution in [0.5, 0.6) is 5.75 Å². The van der Waals surface area contributed by atoms with E-state index in [0.717, 1.165) is 23.1 Å². The van der Waals surface area contributed by atoms with Crippen LogP contribution in [0.4, 0.5) is 0 Å². The first kappa shape index (κ1) is 18.5. The van der Waals surface area contributed by atoms with Gasteiger partial charge in [0, 0.05) is 5.56 Å². The van der Waals surface area contributed by atoms with Gasteiger partial charge in [-0.3, -0.25) is 4.79 Å². The molecule has 0 amide bonds. The summed E-state index contributed by atoms with van der Waals surface area (Å²) in [6.07, 6.45) is 0. The minimum absolute atomic E-state index is 0.347. The van der Waals surface area contributed by atoms with E-state index < -0.39 is 11.2 Å². The molecular weight excluding hydrogens is 360 g/mol. The average Bonchev–Trinajstić information content (AvgIpc) is 2.72. The van der Waals surface area contributed by atoms with Crippen molar-refractivity contribution < 1.29 is 14.6 Å². The van der Waals surface area contributed by atoms with Crippen molar-refractivity contribution in [2.75, 3.05) is 7.11 Å². The first-order chi connectivity index (χ1) is 13.1. The molecule has 0 bridgehead atoms. The number of nitrogens with zero attached hydrogens (tertiary/aromatic N) is 2. The molecule has 0 aliphatic heterocycles. The quantitative estimate of drug-likeness (QED) is 0.636. The maximum atomic E-state index is 11.8. The predicted octanol–water partition coefficient (Wildman–Crippen LogP) is 4.55. The first-order valence-electron chi connectivity index (χ1n) is 8.12. The number of pyridine rings is 1. The number of rotatable bonds is 6. The van der Waals surface area contributed by atoms with E-state index in [-0.39, 0.29) is 0 Å². The van der Waals surface area contributed by atoms with Crippen molar-refractivity contribution >= 4 is 17.7 Å². The van der Waals surface area contributed by atoms with Gasteiger partial charge in [0.15, 0.2) is 0 Å². The van der Waals surface area contributed by atoms with E-state index in [9.17, 15) is 15.2 Å². The zero-order valence-electron chi connectivity index (χ0n) is 14.5. The van der Waals surface area contributed by atoms with Crippen molar-refractivity contribution in [3.8, 4) is 23.1 Å². The molecule has 0 unspecified atom stereocenters. The normalized spacial score (nSPS) is 11.4. The number of ether oxygens (including phenoxy) is 1. The highest BCUT2D eigenvalue weighted by Crippen LogP contribution is 2.37. The van der Waals surface area contributed by atoms with Gasteiger partial charge in [-0.25, -0.2) is 4.98 Å². The molecule has 1 aromatic heterocycles. The second-order valence-electron chi connectivity index (χ2n) is 5.64. The van der Waals surface area contributed by atoms with E-state index in [1.807, 2.05) is 30.3 Å². The summed E-state index contributed by atoms with van der Waals surface area (Å²) in [5.74, 6) is -0.247. The summed E-state index contributed by atoms with van der Waals surface area (Å²) < 4.78 is 5.16. The number of benzene rings is 2. The van der Waals surface area contributed by atoms with Crippen molar-refractivity contribution in [3.05, 3.63) is 77.9 Å². The number of hydrogen-bond acceptors (Lipinski definition) is 5. The minimum Gasteiger partial charge on any atom is -0.497 e. The molecular formula is C21H16N2O3S. The molecule has 6 heteroatoms. The van der Waals surface area contributed by atoms with Gasteiger partial charge in [-0.2, -0.15) is 5.26 Å². The third-order valence-corrected chi connectivity index (χ3v) is 5.17. The minimum atomic E-state index is -0.980. The molecule has 0 aliphatic rings. The van der Waals surface area contributed by atoms with Crippen LogP contribution in [-0.2, 0) is 4.79 Å². The zero-order chi connectivity index (χ0) is 19.2. The van der Waals surface area contributed by atoms with Crippen molar-refractivity contribution in [2.45, 2.75) is 10.3 Å². The Labute approximate surface area is 161 Å². The molecule has 0 spiro atoms. The van der Waals surface area contributed by atoms with Crippen LogP contribution in [0.3, 0.4) is 0 Å². The van der Waals surface area contributed by atoms with Gasteiger partial charge in [-0.05, 0) is 42.0 Å². The topological polar surface area (TPSA) is 83.2 Å². The van der Waals surface area contributed by atoms with Crippen LogP contribution in [0.2, 0.25) is 0 Å². The second-order valence-corrected chi connectivity index (χ2v) is 6.73. The molecule has 5 nitrogen and oxygen atoms in total. The molecule has 0 aliphatic carbocycles. The highest BCUT2D eigenvalue weighted by molar-refractivity contribution is 8.00. The number of carboxylic acid groups (broad SMARTS) is 1. The van der Waals surface area contributed by atoms with Crippen molar-refractivity contribution in [1.29, 1.82) is 5.26 Å². The fraction of sp³-hybridized carbons (Fsp3) is 0.0952. The third kappa shape index (κ3) is 4.27. The van der Waals surface area contributed by atoms with Crippen LogP contribution >= 0.6 is 11.8 Å². The lowest BCUT2D eigenvalue weighted by Gasteiger charge is -2.13. The number of thioether (sulfide) groups is 1. The number of carbonyl (C=O) groups is 1. The fourth-order valence-corrected chi connectivity index (χ4v) is 3.55. The van der Waals surface area contributed by atoms with Crippen LogP contribution < -0.4 is 4.74 Å². The number of aromatic nitrogens is 1. The van der Waals surface area contributed by atoms with Crippen LogP contribution in [0, 0.1) is 11.3 Å². The highest BCUT2D eigenvalue weighted by Gasteiger charge is 2.23. The summed E-state index contributed by atoms with van der Waals surface area (Å²) in [4.78, 5) is 16.3. The molecule has 1 heterocycles. The molecule has 134 valence electrons. The molecule has 27 heavy (non-hydrogen) atoms. The summed E-state index contributed by atoms with van der Waals surface area (Å²) in [6.45, 7) is 0. The maximum absolute atomic E-state index is 11.8. The lowest BCUT2D eigenvalue weighted by molar-refractivity contribution is -0.136. The number of nitriles is 1. The van der Waals surface area contributed by atoms with Crippen molar-refractivity contribution in [3.63, 3.8) is 0 Å². The first-order valence-corrected chi connectivity index (χ1v) is 9.00. The number of aliphatic carboxylic acids is 1. The van der Waals surface area contributed by atoms with Gasteiger partial charge in [0.1, 0.15) is 22.1 Å². The van der Waals surface area contributed by atoms with Crippen molar-refractivity contribution in [2.24, 2.45) is 0 Å². The number of hydrogen-bond donors (Lipinski definition) is 1. The number of methoxy groups -OCH3 is 1. The second kappa shape index (κ2) is 8.39.